The van der Waals surface area contributed by atoms with Crippen LogP contribution >= 0.6 is 0 Å². The van der Waals surface area contributed by atoms with Crippen LogP contribution in [-0.4, -0.2) is 26.2 Å². The number of nitrogens with one attached hydrogen (secondary N) is 1. The molecule has 0 bridgehead atoms. The molecule has 0 atom stereocenters. The standard InChI is InChI=1S/C12H18FN5/c1-3-17-9-11(8-15-17)7-14-12-10(2)6-16-18(12)5-4-13/h6,8-9,14H,3-5,7H2,1-2H3. The molecule has 0 aliphatic rings. The number of aromatic nitrogens is 4. The molecule has 98 valence electrons. The summed E-state index contributed by atoms with van der Waals surface area (Å²) in [6.45, 7) is 5.40. The first-order valence-corrected chi connectivity index (χ1v) is 6.08. The fraction of sp³-hybridized carbons (Fsp3) is 0.500. The van der Waals surface area contributed by atoms with Gasteiger partial charge in [0.15, 0.2) is 0 Å². The molecule has 0 amide bonds. The Kier molecular flexibility index (Phi) is 3.96. The maximum atomic E-state index is 12.4. The smallest absolute Gasteiger partial charge is 0.127 e. The van der Waals surface area contributed by atoms with E-state index in [2.05, 4.69) is 15.5 Å². The summed E-state index contributed by atoms with van der Waals surface area (Å²) in [5.41, 5.74) is 2.12. The van der Waals surface area contributed by atoms with Crippen LogP contribution in [0.1, 0.15) is 18.1 Å². The summed E-state index contributed by atoms with van der Waals surface area (Å²) in [5, 5.41) is 11.6. The summed E-state index contributed by atoms with van der Waals surface area (Å²) >= 11 is 0. The predicted octanol–water partition coefficient (Wildman–Crippen LogP) is 1.99. The Balaban J connectivity index is 2.02. The highest BCUT2D eigenvalue weighted by molar-refractivity contribution is 5.43. The van der Waals surface area contributed by atoms with Gasteiger partial charge in [0.2, 0.25) is 0 Å². The van der Waals surface area contributed by atoms with Gasteiger partial charge in [-0.15, -0.1) is 0 Å². The summed E-state index contributed by atoms with van der Waals surface area (Å²) in [7, 11) is 0. The molecule has 2 heterocycles. The average Bonchev–Trinajstić information content (AvgIpc) is 2.95. The highest BCUT2D eigenvalue weighted by Crippen LogP contribution is 2.15. The van der Waals surface area contributed by atoms with Gasteiger partial charge < -0.3 is 5.32 Å². The van der Waals surface area contributed by atoms with Crippen LogP contribution < -0.4 is 5.32 Å². The lowest BCUT2D eigenvalue weighted by Crippen LogP contribution is -2.09. The van der Waals surface area contributed by atoms with E-state index >= 15 is 0 Å². The van der Waals surface area contributed by atoms with Crippen molar-refractivity contribution in [1.82, 2.24) is 19.6 Å². The van der Waals surface area contributed by atoms with Crippen LogP contribution in [0.15, 0.2) is 18.6 Å². The van der Waals surface area contributed by atoms with Crippen LogP contribution in [0.25, 0.3) is 0 Å². The SMILES string of the molecule is CCn1cc(CNc2c(C)cnn2CCF)cn1. The second kappa shape index (κ2) is 5.66. The lowest BCUT2D eigenvalue weighted by atomic mass is 10.3. The quantitative estimate of drug-likeness (QED) is 0.854. The molecule has 0 aliphatic carbocycles. The second-order valence-electron chi connectivity index (χ2n) is 4.15. The first-order chi connectivity index (χ1) is 8.74. The van der Waals surface area contributed by atoms with Crippen molar-refractivity contribution in [2.75, 3.05) is 12.0 Å². The van der Waals surface area contributed by atoms with Gasteiger partial charge in [-0.3, -0.25) is 4.68 Å². The molecule has 1 N–H and O–H groups in total. The van der Waals surface area contributed by atoms with E-state index in [1.54, 1.807) is 10.9 Å². The first kappa shape index (κ1) is 12.6. The number of alkyl halides is 1. The third-order valence-electron chi connectivity index (χ3n) is 2.79. The minimum atomic E-state index is -0.413. The monoisotopic (exact) mass is 251 g/mol. The lowest BCUT2D eigenvalue weighted by Gasteiger charge is -2.08. The Morgan fingerprint density at radius 2 is 2.17 bits per heavy atom. The van der Waals surface area contributed by atoms with E-state index in [1.807, 2.05) is 30.9 Å². The summed E-state index contributed by atoms with van der Waals surface area (Å²) in [5.74, 6) is 0.872. The van der Waals surface area contributed by atoms with Crippen LogP contribution in [0.4, 0.5) is 10.2 Å². The molecule has 0 radical (unpaired) electrons. The highest BCUT2D eigenvalue weighted by atomic mass is 19.1. The Hall–Kier alpha value is -1.85. The van der Waals surface area contributed by atoms with Gasteiger partial charge in [-0.2, -0.15) is 10.2 Å². The molecule has 2 aromatic rings. The molecule has 5 nitrogen and oxygen atoms in total. The average molecular weight is 251 g/mol. The van der Waals surface area contributed by atoms with Gasteiger partial charge in [0.1, 0.15) is 12.5 Å². The number of nitrogens with zero attached hydrogens (tertiary/aromatic N) is 4. The van der Waals surface area contributed by atoms with Crippen LogP contribution in [0.5, 0.6) is 0 Å². The third kappa shape index (κ3) is 2.69. The van der Waals surface area contributed by atoms with E-state index in [4.69, 9.17) is 0 Å². The molecule has 0 fully saturated rings. The Morgan fingerprint density at radius 1 is 1.33 bits per heavy atom. The Bertz CT molecular complexity index is 502. The summed E-state index contributed by atoms with van der Waals surface area (Å²) in [6, 6.07) is 0. The minimum absolute atomic E-state index is 0.282. The normalized spacial score (nSPS) is 10.8. The van der Waals surface area contributed by atoms with E-state index in [-0.39, 0.29) is 6.54 Å². The van der Waals surface area contributed by atoms with E-state index < -0.39 is 6.67 Å². The van der Waals surface area contributed by atoms with Gasteiger partial charge in [0.05, 0.1) is 18.9 Å². The van der Waals surface area contributed by atoms with Crippen molar-refractivity contribution in [2.45, 2.75) is 33.5 Å². The summed E-state index contributed by atoms with van der Waals surface area (Å²) in [6.07, 6.45) is 5.58. The summed E-state index contributed by atoms with van der Waals surface area (Å²) < 4.78 is 15.9. The van der Waals surface area contributed by atoms with Crippen molar-refractivity contribution in [3.63, 3.8) is 0 Å². The zero-order valence-corrected chi connectivity index (χ0v) is 10.7. The largest absolute Gasteiger partial charge is 0.366 e. The lowest BCUT2D eigenvalue weighted by molar-refractivity contribution is 0.429. The van der Waals surface area contributed by atoms with Crippen molar-refractivity contribution in [2.24, 2.45) is 0 Å². The fourth-order valence-corrected chi connectivity index (χ4v) is 1.82. The van der Waals surface area contributed by atoms with Crippen molar-refractivity contribution < 1.29 is 4.39 Å². The maximum absolute atomic E-state index is 12.4. The van der Waals surface area contributed by atoms with Gasteiger partial charge in [0.25, 0.3) is 0 Å². The third-order valence-corrected chi connectivity index (χ3v) is 2.79. The fourth-order valence-electron chi connectivity index (χ4n) is 1.82. The van der Waals surface area contributed by atoms with E-state index in [0.717, 1.165) is 23.5 Å². The minimum Gasteiger partial charge on any atom is -0.366 e. The topological polar surface area (TPSA) is 47.7 Å². The van der Waals surface area contributed by atoms with Crippen molar-refractivity contribution in [3.8, 4) is 0 Å². The number of aryl methyl sites for hydroxylation is 3. The number of anilines is 1. The van der Waals surface area contributed by atoms with Gasteiger partial charge >= 0.3 is 0 Å². The maximum Gasteiger partial charge on any atom is 0.127 e. The second-order valence-corrected chi connectivity index (χ2v) is 4.15. The van der Waals surface area contributed by atoms with Crippen LogP contribution in [0.3, 0.4) is 0 Å². The molecular formula is C12H18FN5. The predicted molar refractivity (Wildman–Crippen MR) is 68.2 cm³/mol. The zero-order valence-electron chi connectivity index (χ0n) is 10.7. The van der Waals surface area contributed by atoms with Gasteiger partial charge in [0, 0.05) is 30.4 Å². The van der Waals surface area contributed by atoms with E-state index in [9.17, 15) is 4.39 Å². The van der Waals surface area contributed by atoms with Crippen LogP contribution in [0.2, 0.25) is 0 Å². The zero-order chi connectivity index (χ0) is 13.0. The summed E-state index contributed by atoms with van der Waals surface area (Å²) in [4.78, 5) is 0. The molecule has 0 unspecified atom stereocenters. The Labute approximate surface area is 106 Å². The molecular weight excluding hydrogens is 233 g/mol. The molecule has 0 spiro atoms. The molecule has 0 saturated carbocycles. The Morgan fingerprint density at radius 3 is 2.83 bits per heavy atom. The molecule has 0 saturated heterocycles. The highest BCUT2D eigenvalue weighted by Gasteiger charge is 2.07. The number of hydrogen-bond donors (Lipinski definition) is 1. The molecule has 0 aliphatic heterocycles. The van der Waals surface area contributed by atoms with Gasteiger partial charge in [-0.25, -0.2) is 9.07 Å². The molecule has 2 rings (SSSR count). The first-order valence-electron chi connectivity index (χ1n) is 6.08. The van der Waals surface area contributed by atoms with Crippen LogP contribution in [-0.2, 0) is 19.6 Å². The van der Waals surface area contributed by atoms with Crippen molar-refractivity contribution >= 4 is 5.82 Å². The van der Waals surface area contributed by atoms with E-state index in [1.165, 1.54) is 0 Å². The van der Waals surface area contributed by atoms with Gasteiger partial charge in [-0.1, -0.05) is 0 Å². The molecule has 18 heavy (non-hydrogen) atoms. The molecule has 2 aromatic heterocycles. The van der Waals surface area contributed by atoms with Gasteiger partial charge in [-0.05, 0) is 13.8 Å². The number of rotatable bonds is 6. The van der Waals surface area contributed by atoms with Crippen LogP contribution in [0, 0.1) is 6.92 Å². The number of halogens is 1. The van der Waals surface area contributed by atoms with E-state index in [0.29, 0.717) is 6.54 Å². The molecule has 6 heteroatoms. The van der Waals surface area contributed by atoms with Crippen molar-refractivity contribution in [3.05, 3.63) is 29.7 Å². The van der Waals surface area contributed by atoms with Crippen molar-refractivity contribution in [1.29, 1.82) is 0 Å². The number of hydrogen-bond acceptors (Lipinski definition) is 3. The molecule has 0 aromatic carbocycles.